The van der Waals surface area contributed by atoms with Gasteiger partial charge in [0.25, 0.3) is 0 Å². The second kappa shape index (κ2) is 7.32. The molecule has 1 saturated heterocycles. The summed E-state index contributed by atoms with van der Waals surface area (Å²) in [5.41, 5.74) is 0.0748. The minimum atomic E-state index is -0.721. The van der Waals surface area contributed by atoms with Crippen molar-refractivity contribution in [3.63, 3.8) is 0 Å². The number of nitrogens with zero attached hydrogens (tertiary/aromatic N) is 5. The molecule has 0 saturated carbocycles. The summed E-state index contributed by atoms with van der Waals surface area (Å²) < 4.78 is 6.86. The van der Waals surface area contributed by atoms with Gasteiger partial charge in [0.15, 0.2) is 5.82 Å². The van der Waals surface area contributed by atoms with E-state index in [9.17, 15) is 9.90 Å². The van der Waals surface area contributed by atoms with E-state index in [2.05, 4.69) is 20.5 Å². The van der Waals surface area contributed by atoms with E-state index < -0.39 is 11.8 Å². The van der Waals surface area contributed by atoms with E-state index in [0.717, 1.165) is 12.0 Å². The molecule has 3 aliphatic rings. The first kappa shape index (κ1) is 17.6. The molecule has 0 aromatic carbocycles. The van der Waals surface area contributed by atoms with Crippen molar-refractivity contribution in [1.82, 2.24) is 30.0 Å². The Labute approximate surface area is 146 Å². The van der Waals surface area contributed by atoms with Gasteiger partial charge in [-0.25, -0.2) is 9.78 Å². The van der Waals surface area contributed by atoms with Crippen LogP contribution in [0.2, 0.25) is 0 Å². The number of amides is 2. The number of ether oxygens (including phenoxy) is 1. The number of hydrogen-bond donors (Lipinski definition) is 2. The molecule has 0 aromatic heterocycles. The minimum Gasteiger partial charge on any atom is -0.393 e. The fourth-order valence-corrected chi connectivity index (χ4v) is 3.27. The molecule has 0 bridgehead atoms. The maximum absolute atomic E-state index is 12.7. The van der Waals surface area contributed by atoms with Crippen LogP contribution in [0.5, 0.6) is 0 Å². The molecule has 9 nitrogen and oxygen atoms in total. The maximum Gasteiger partial charge on any atom is 0.319 e. The van der Waals surface area contributed by atoms with E-state index in [1.54, 1.807) is 24.5 Å². The third-order valence-corrected chi connectivity index (χ3v) is 4.68. The molecule has 2 atom stereocenters. The Bertz CT molecular complexity index is 692. The first-order chi connectivity index (χ1) is 12.0. The third-order valence-electron chi connectivity index (χ3n) is 4.68. The number of piperidine rings is 1. The highest BCUT2D eigenvalue weighted by Gasteiger charge is 2.42. The Hall–Kier alpha value is -2.26. The molecular formula is C16H24N6O3. The van der Waals surface area contributed by atoms with E-state index in [-0.39, 0.29) is 6.03 Å². The number of hydrogen-bond acceptors (Lipinski definition) is 6. The van der Waals surface area contributed by atoms with Crippen LogP contribution in [0.25, 0.3) is 11.4 Å². The summed E-state index contributed by atoms with van der Waals surface area (Å²) in [7, 11) is 1.64. The molecule has 2 unspecified atom stereocenters. The van der Waals surface area contributed by atoms with Gasteiger partial charge in [0.05, 0.1) is 24.2 Å². The average molecular weight is 348 g/mol. The number of carbonyl (C=O) groups excluding carboxylic acids is 1. The van der Waals surface area contributed by atoms with Crippen LogP contribution in [-0.4, -0.2) is 68.7 Å². The molecule has 2 amide bonds. The zero-order valence-corrected chi connectivity index (χ0v) is 14.6. The van der Waals surface area contributed by atoms with Gasteiger partial charge in [-0.05, 0) is 19.8 Å². The molecule has 136 valence electrons. The first-order valence-electron chi connectivity index (χ1n) is 8.43. The molecule has 1 fully saturated rings. The maximum atomic E-state index is 12.7. The average Bonchev–Trinajstić information content (AvgIpc) is 3.06. The van der Waals surface area contributed by atoms with Gasteiger partial charge in [-0.3, -0.25) is 0 Å². The highest BCUT2D eigenvalue weighted by Crippen LogP contribution is 2.33. The molecule has 0 aromatic rings. The van der Waals surface area contributed by atoms with Crippen molar-refractivity contribution in [2.45, 2.75) is 38.0 Å². The number of carbonyl (C=O) groups is 1. The van der Waals surface area contributed by atoms with Gasteiger partial charge in [-0.2, -0.15) is 5.10 Å². The lowest BCUT2D eigenvalue weighted by atomic mass is 9.94. The number of methoxy groups -OCH3 is 1. The molecule has 3 rings (SSSR count). The summed E-state index contributed by atoms with van der Waals surface area (Å²) in [6.07, 6.45) is 6.40. The largest absolute Gasteiger partial charge is 0.393 e. The number of likely N-dealkylation sites (tertiary alicyclic amines) is 1. The fourth-order valence-electron chi connectivity index (χ4n) is 3.27. The van der Waals surface area contributed by atoms with Gasteiger partial charge in [0.1, 0.15) is 5.66 Å². The lowest BCUT2D eigenvalue weighted by Crippen LogP contribution is -2.59. The van der Waals surface area contributed by atoms with Gasteiger partial charge in [0, 0.05) is 39.4 Å². The smallest absolute Gasteiger partial charge is 0.319 e. The second-order valence-electron chi connectivity index (χ2n) is 6.50. The molecule has 3 aliphatic heterocycles. The molecule has 0 radical (unpaired) electrons. The monoisotopic (exact) mass is 348 g/mol. The summed E-state index contributed by atoms with van der Waals surface area (Å²) in [6, 6.07) is -0.156. The van der Waals surface area contributed by atoms with Crippen molar-refractivity contribution in [2.75, 3.05) is 26.8 Å². The highest BCUT2D eigenvalue weighted by molar-refractivity contribution is 5.75. The van der Waals surface area contributed by atoms with Crippen LogP contribution in [-0.2, 0) is 10.4 Å². The number of aliphatic hydroxyl groups excluding tert-OH is 1. The Morgan fingerprint density at radius 2 is 2.40 bits per heavy atom. The number of fused-ring (bicyclic) bond motifs is 1. The first-order valence-corrected chi connectivity index (χ1v) is 8.43. The number of rotatable bonds is 5. The van der Waals surface area contributed by atoms with E-state index in [1.165, 1.54) is 0 Å². The van der Waals surface area contributed by atoms with E-state index in [1.807, 2.05) is 17.7 Å². The van der Waals surface area contributed by atoms with Crippen molar-refractivity contribution in [1.29, 1.82) is 0 Å². The minimum absolute atomic E-state index is 0.156. The summed E-state index contributed by atoms with van der Waals surface area (Å²) >= 11 is 0. The number of aliphatic hydroxyl groups is 1. The van der Waals surface area contributed by atoms with Gasteiger partial charge in [-0.1, -0.05) is 0 Å². The van der Waals surface area contributed by atoms with Crippen LogP contribution >= 0.6 is 0 Å². The van der Waals surface area contributed by atoms with Crippen LogP contribution < -0.4 is 5.32 Å². The van der Waals surface area contributed by atoms with E-state index in [4.69, 9.17) is 4.74 Å². The summed E-state index contributed by atoms with van der Waals surface area (Å²) in [4.78, 5) is 18.8. The van der Waals surface area contributed by atoms with Crippen LogP contribution in [0.4, 0.5) is 4.79 Å². The lowest BCUT2D eigenvalue weighted by Gasteiger charge is -2.47. The Morgan fingerprint density at radius 3 is 3.20 bits per heavy atom. The number of aromatic nitrogens is 4. The molecule has 9 heteroatoms. The molecule has 3 heterocycles. The van der Waals surface area contributed by atoms with Gasteiger partial charge in [-0.15, -0.1) is 5.10 Å². The predicted octanol–water partition coefficient (Wildman–Crippen LogP) is 0.653. The van der Waals surface area contributed by atoms with E-state index in [0.29, 0.717) is 38.4 Å². The Morgan fingerprint density at radius 1 is 1.56 bits per heavy atom. The highest BCUT2D eigenvalue weighted by atomic mass is 16.5. The van der Waals surface area contributed by atoms with Crippen LogP contribution in [0.15, 0.2) is 18.7 Å². The number of nitrogens with one attached hydrogen (secondary N) is 1. The predicted molar refractivity (Wildman–Crippen MR) is 89.9 cm³/mol. The summed E-state index contributed by atoms with van der Waals surface area (Å²) in [6.45, 7) is 3.54. The quantitative estimate of drug-likeness (QED) is 0.769. The lowest BCUT2D eigenvalue weighted by molar-refractivity contribution is -0.0322. The van der Waals surface area contributed by atoms with Gasteiger partial charge < -0.3 is 24.6 Å². The van der Waals surface area contributed by atoms with Crippen molar-refractivity contribution < 1.29 is 14.6 Å². The summed E-state index contributed by atoms with van der Waals surface area (Å²) in [5, 5.41) is 20.9. The fraction of sp³-hybridized carbons (Fsp3) is 0.625. The number of urea groups is 1. The van der Waals surface area contributed by atoms with Gasteiger partial charge >= 0.3 is 6.03 Å². The van der Waals surface area contributed by atoms with Crippen molar-refractivity contribution in [3.8, 4) is 11.4 Å². The normalized spacial score (nSPS) is 23.8. The molecule has 2 N–H and O–H groups in total. The molecule has 25 heavy (non-hydrogen) atoms. The second-order valence-corrected chi connectivity index (χ2v) is 6.50. The topological polar surface area (TPSA) is 105 Å². The molecule has 0 spiro atoms. The SMILES string of the molecule is COCCCNC(=O)N1CCC(O)CC1(C)n1cnc2nncc-2c1. The summed E-state index contributed by atoms with van der Waals surface area (Å²) in [5.74, 6) is 0.562. The van der Waals surface area contributed by atoms with Crippen molar-refractivity contribution in [2.24, 2.45) is 0 Å². The zero-order valence-electron chi connectivity index (χ0n) is 14.6. The van der Waals surface area contributed by atoms with Crippen LogP contribution in [0.1, 0.15) is 26.2 Å². The molecular weight excluding hydrogens is 324 g/mol. The Balaban J connectivity index is 1.83. The standard InChI is InChI=1S/C16H24N6O3/c1-16(21-10-12-9-19-20-14(12)18-11-21)8-13(23)4-6-22(16)15(24)17-5-3-7-25-2/h9-11,13,23H,3-8H2,1-2H3,(H,17,24). The Kier molecular flexibility index (Phi) is 5.14. The van der Waals surface area contributed by atoms with E-state index >= 15 is 0 Å². The van der Waals surface area contributed by atoms with Crippen molar-refractivity contribution >= 4 is 6.03 Å². The van der Waals surface area contributed by atoms with Crippen LogP contribution in [0.3, 0.4) is 0 Å². The van der Waals surface area contributed by atoms with Crippen molar-refractivity contribution in [3.05, 3.63) is 18.7 Å². The van der Waals surface area contributed by atoms with Gasteiger partial charge in [0.2, 0.25) is 0 Å². The third kappa shape index (κ3) is 3.57. The van der Waals surface area contributed by atoms with Crippen LogP contribution in [0, 0.1) is 0 Å². The molecule has 0 aliphatic carbocycles. The zero-order chi connectivity index (χ0) is 17.9.